The number of hydrogen-bond acceptors (Lipinski definition) is 3. The zero-order valence-electron chi connectivity index (χ0n) is 17.1. The molecule has 2 aliphatic rings. The average molecular weight is 384 g/mol. The van der Waals surface area contributed by atoms with E-state index >= 15 is 0 Å². The van der Waals surface area contributed by atoms with Crippen LogP contribution in [0.15, 0.2) is 122 Å². The van der Waals surface area contributed by atoms with Gasteiger partial charge in [-0.1, -0.05) is 85.5 Å². The molecule has 0 radical (unpaired) electrons. The summed E-state index contributed by atoms with van der Waals surface area (Å²) in [6.07, 6.45) is 17.3. The van der Waals surface area contributed by atoms with E-state index in [0.717, 1.165) is 29.1 Å². The largest absolute Gasteiger partial charge is 0.302 e. The number of hydrazone groups is 1. The second kappa shape index (κ2) is 9.24. The number of amidine groups is 1. The van der Waals surface area contributed by atoms with Gasteiger partial charge in [-0.3, -0.25) is 5.01 Å². The molecule has 1 aliphatic heterocycles. The molecule has 0 spiro atoms. The zero-order chi connectivity index (χ0) is 20.8. The Kier molecular flexibility index (Phi) is 6.50. The van der Waals surface area contributed by atoms with Crippen LogP contribution in [0.2, 0.25) is 0 Å². The second-order valence-electron chi connectivity index (χ2n) is 7.14. The molecule has 1 heterocycles. The Morgan fingerprint density at radius 1 is 1.10 bits per heavy atom. The fourth-order valence-corrected chi connectivity index (χ4v) is 3.81. The minimum atomic E-state index is -0.0885. The monoisotopic (exact) mass is 383 g/mol. The highest BCUT2D eigenvalue weighted by atomic mass is 15.6. The van der Waals surface area contributed by atoms with Crippen molar-refractivity contribution in [2.75, 3.05) is 7.05 Å². The van der Waals surface area contributed by atoms with Gasteiger partial charge >= 0.3 is 0 Å². The minimum absolute atomic E-state index is 0.0289. The maximum Gasteiger partial charge on any atom is 0.162 e. The summed E-state index contributed by atoms with van der Waals surface area (Å²) in [5.41, 5.74) is 3.13. The van der Waals surface area contributed by atoms with Crippen LogP contribution >= 0.6 is 0 Å². The molecule has 0 N–H and O–H groups in total. The average Bonchev–Trinajstić information content (AvgIpc) is 2.91. The predicted molar refractivity (Wildman–Crippen MR) is 124 cm³/mol. The van der Waals surface area contributed by atoms with Crippen LogP contribution in [0.1, 0.15) is 12.0 Å². The van der Waals surface area contributed by atoms with Crippen molar-refractivity contribution in [2.24, 2.45) is 16.9 Å². The number of hydrogen-bond donors (Lipinski definition) is 0. The fourth-order valence-electron chi connectivity index (χ4n) is 3.81. The molecule has 2 unspecified atom stereocenters. The van der Waals surface area contributed by atoms with Crippen LogP contribution in [0, 0.1) is 11.8 Å². The van der Waals surface area contributed by atoms with E-state index in [0.29, 0.717) is 0 Å². The summed E-state index contributed by atoms with van der Waals surface area (Å²) < 4.78 is 0. The smallest absolute Gasteiger partial charge is 0.162 e. The molecule has 1 aliphatic carbocycles. The topological polar surface area (TPSA) is 18.8 Å². The van der Waals surface area contributed by atoms with E-state index in [1.54, 1.807) is 0 Å². The molecule has 1 aromatic rings. The lowest BCUT2D eigenvalue weighted by Gasteiger charge is -2.36. The van der Waals surface area contributed by atoms with Gasteiger partial charge in [0.1, 0.15) is 6.17 Å². The molecule has 0 bridgehead atoms. The summed E-state index contributed by atoms with van der Waals surface area (Å²) >= 11 is 0. The predicted octanol–water partition coefficient (Wildman–Crippen LogP) is 5.67. The number of nitrogens with zero attached hydrogens (tertiary/aromatic N) is 3. The molecule has 148 valence electrons. The van der Waals surface area contributed by atoms with Crippen molar-refractivity contribution in [3.05, 3.63) is 122 Å². The van der Waals surface area contributed by atoms with E-state index in [1.807, 2.05) is 48.5 Å². The van der Waals surface area contributed by atoms with Crippen molar-refractivity contribution in [3.63, 3.8) is 0 Å². The summed E-state index contributed by atoms with van der Waals surface area (Å²) in [4.78, 5) is 2.22. The SMILES string of the molecule is C=CC(C=C)C(C=C)C(=C)N1C(c2ccccc2)=NN(C)C1C1=CC=CCC=C1. The van der Waals surface area contributed by atoms with Crippen molar-refractivity contribution < 1.29 is 0 Å². The maximum absolute atomic E-state index is 4.91. The van der Waals surface area contributed by atoms with Crippen LogP contribution in [0.25, 0.3) is 0 Å². The van der Waals surface area contributed by atoms with Crippen molar-refractivity contribution >= 4 is 5.84 Å². The minimum Gasteiger partial charge on any atom is -0.302 e. The molecule has 3 heteroatoms. The number of likely N-dealkylation sites (N-methyl/N-ethyl adjacent to an activating group) is 1. The Morgan fingerprint density at radius 2 is 1.83 bits per heavy atom. The van der Waals surface area contributed by atoms with Crippen LogP contribution in [0.4, 0.5) is 0 Å². The Balaban J connectivity index is 2.09. The van der Waals surface area contributed by atoms with Crippen LogP contribution in [-0.4, -0.2) is 29.0 Å². The standard InChI is InChI=1S/C26H29N3/c1-6-21(7-2)24(8-3)20(4)29-25(22-16-14-11-15-17-22)27-28(5)26(29)23-18-12-9-10-13-19-23/h6-9,11-19,21,24,26H,1-4,10H2,5H3. The van der Waals surface area contributed by atoms with Crippen molar-refractivity contribution in [2.45, 2.75) is 12.6 Å². The Hall–Kier alpha value is -3.33. The van der Waals surface area contributed by atoms with Gasteiger partial charge in [0.25, 0.3) is 0 Å². The van der Waals surface area contributed by atoms with Crippen LogP contribution in [0.3, 0.4) is 0 Å². The molecule has 29 heavy (non-hydrogen) atoms. The van der Waals surface area contributed by atoms with E-state index in [9.17, 15) is 0 Å². The summed E-state index contributed by atoms with van der Waals surface area (Å²) in [7, 11) is 2.01. The van der Waals surface area contributed by atoms with Gasteiger partial charge in [-0.05, 0) is 12.0 Å². The van der Waals surface area contributed by atoms with Gasteiger partial charge in [0.2, 0.25) is 0 Å². The van der Waals surface area contributed by atoms with Gasteiger partial charge in [0.05, 0.1) is 0 Å². The quantitative estimate of drug-likeness (QED) is 0.539. The fraction of sp³-hybridized carbons (Fsp3) is 0.192. The molecule has 0 saturated carbocycles. The Bertz CT molecular complexity index is 893. The molecule has 0 aromatic heterocycles. The first-order chi connectivity index (χ1) is 14.1. The third-order valence-electron chi connectivity index (χ3n) is 5.32. The lowest BCUT2D eigenvalue weighted by Crippen LogP contribution is -2.43. The molecule has 0 saturated heterocycles. The first kappa shape index (κ1) is 20.4. The summed E-state index contributed by atoms with van der Waals surface area (Å²) in [6, 6.07) is 10.2. The normalized spacial score (nSPS) is 19.4. The number of rotatable bonds is 8. The number of benzene rings is 1. The molecule has 0 fully saturated rings. The van der Waals surface area contributed by atoms with Gasteiger partial charge in [-0.15, -0.1) is 19.7 Å². The van der Waals surface area contributed by atoms with E-state index in [2.05, 4.69) is 73.7 Å². The molecular formula is C26H29N3. The van der Waals surface area contributed by atoms with Gasteiger partial charge in [0.15, 0.2) is 5.84 Å². The van der Waals surface area contributed by atoms with E-state index < -0.39 is 0 Å². The molecule has 1 aromatic carbocycles. The zero-order valence-corrected chi connectivity index (χ0v) is 17.1. The highest BCUT2D eigenvalue weighted by molar-refractivity contribution is 6.01. The summed E-state index contributed by atoms with van der Waals surface area (Å²) in [6.45, 7) is 16.5. The van der Waals surface area contributed by atoms with Crippen LogP contribution in [-0.2, 0) is 0 Å². The van der Waals surface area contributed by atoms with Gasteiger partial charge in [-0.25, -0.2) is 0 Å². The van der Waals surface area contributed by atoms with Gasteiger partial charge in [-0.2, -0.15) is 5.10 Å². The molecule has 0 amide bonds. The molecular weight excluding hydrogens is 354 g/mol. The highest BCUT2D eigenvalue weighted by Crippen LogP contribution is 2.35. The molecule has 3 nitrogen and oxygen atoms in total. The molecule has 2 atom stereocenters. The first-order valence-corrected chi connectivity index (χ1v) is 9.88. The third-order valence-corrected chi connectivity index (χ3v) is 5.32. The Labute approximate surface area is 174 Å². The lowest BCUT2D eigenvalue weighted by atomic mass is 9.88. The number of allylic oxidation sites excluding steroid dienone is 7. The Morgan fingerprint density at radius 3 is 2.48 bits per heavy atom. The summed E-state index contributed by atoms with van der Waals surface area (Å²) in [5.74, 6) is 0.894. The third kappa shape index (κ3) is 4.09. The van der Waals surface area contributed by atoms with Gasteiger partial charge in [0, 0.05) is 30.1 Å². The van der Waals surface area contributed by atoms with Crippen molar-refractivity contribution in [1.82, 2.24) is 9.91 Å². The summed E-state index contributed by atoms with van der Waals surface area (Å²) in [5, 5.41) is 6.91. The maximum atomic E-state index is 4.91. The first-order valence-electron chi connectivity index (χ1n) is 9.88. The van der Waals surface area contributed by atoms with Crippen molar-refractivity contribution in [3.8, 4) is 0 Å². The lowest BCUT2D eigenvalue weighted by molar-refractivity contribution is 0.213. The second-order valence-corrected chi connectivity index (χ2v) is 7.14. The van der Waals surface area contributed by atoms with E-state index in [-0.39, 0.29) is 18.0 Å². The molecule has 3 rings (SSSR count). The van der Waals surface area contributed by atoms with Gasteiger partial charge < -0.3 is 4.90 Å². The van der Waals surface area contributed by atoms with E-state index in [1.165, 1.54) is 0 Å². The van der Waals surface area contributed by atoms with E-state index in [4.69, 9.17) is 5.10 Å². The van der Waals surface area contributed by atoms with Crippen LogP contribution < -0.4 is 0 Å². The van der Waals surface area contributed by atoms with Crippen LogP contribution in [0.5, 0.6) is 0 Å². The van der Waals surface area contributed by atoms with Crippen molar-refractivity contribution in [1.29, 1.82) is 0 Å². The highest BCUT2D eigenvalue weighted by Gasteiger charge is 2.38.